The molecule has 94 valence electrons. The fraction of sp³-hybridized carbons (Fsp3) is 0.714. The van der Waals surface area contributed by atoms with E-state index in [0.717, 1.165) is 30.6 Å². The van der Waals surface area contributed by atoms with E-state index in [1.165, 1.54) is 12.1 Å². The number of aryl methyl sites for hydroxylation is 1. The molecule has 1 aromatic heterocycles. The Balaban J connectivity index is 1.93. The monoisotopic (exact) mass is 233 g/mol. The Hall–Kier alpha value is -0.960. The van der Waals surface area contributed by atoms with E-state index in [9.17, 15) is 0 Å². The van der Waals surface area contributed by atoms with Crippen LogP contribution in [0.2, 0.25) is 0 Å². The summed E-state index contributed by atoms with van der Waals surface area (Å²) in [4.78, 5) is 8.86. The van der Waals surface area contributed by atoms with Gasteiger partial charge in [0.2, 0.25) is 0 Å². The van der Waals surface area contributed by atoms with Crippen molar-refractivity contribution >= 4 is 0 Å². The molecular weight excluding hydrogens is 210 g/mol. The molecular formula is C14H23N3. The van der Waals surface area contributed by atoms with Gasteiger partial charge in [0.15, 0.2) is 0 Å². The van der Waals surface area contributed by atoms with Crippen molar-refractivity contribution in [1.29, 1.82) is 0 Å². The third kappa shape index (κ3) is 2.65. The van der Waals surface area contributed by atoms with E-state index >= 15 is 0 Å². The standard InChI is InChI=1S/C14H23N3/c1-10(2)8-15-9-12-7-14(12,4)13-11(3)16-5-6-17-13/h5-6,10,12,15H,7-9H2,1-4H3. The highest BCUT2D eigenvalue weighted by atomic mass is 14.9. The molecule has 1 aromatic rings. The van der Waals surface area contributed by atoms with Gasteiger partial charge < -0.3 is 5.32 Å². The van der Waals surface area contributed by atoms with Crippen LogP contribution < -0.4 is 5.32 Å². The average Bonchev–Trinajstić information content (AvgIpc) is 2.91. The van der Waals surface area contributed by atoms with Crippen molar-refractivity contribution in [1.82, 2.24) is 15.3 Å². The maximum Gasteiger partial charge on any atom is 0.0678 e. The molecule has 3 heteroatoms. The van der Waals surface area contributed by atoms with Crippen LogP contribution in [0.5, 0.6) is 0 Å². The van der Waals surface area contributed by atoms with E-state index in [-0.39, 0.29) is 5.41 Å². The molecule has 2 atom stereocenters. The van der Waals surface area contributed by atoms with Crippen LogP contribution in [0.4, 0.5) is 0 Å². The maximum atomic E-state index is 4.52. The van der Waals surface area contributed by atoms with Gasteiger partial charge in [0.25, 0.3) is 0 Å². The highest BCUT2D eigenvalue weighted by molar-refractivity contribution is 5.29. The van der Waals surface area contributed by atoms with Crippen molar-refractivity contribution in [2.75, 3.05) is 13.1 Å². The molecule has 0 aromatic carbocycles. The molecule has 1 saturated carbocycles. The van der Waals surface area contributed by atoms with Crippen LogP contribution in [0.1, 0.15) is 38.6 Å². The molecule has 0 saturated heterocycles. The molecule has 0 spiro atoms. The van der Waals surface area contributed by atoms with E-state index in [1.54, 1.807) is 6.20 Å². The van der Waals surface area contributed by atoms with Gasteiger partial charge >= 0.3 is 0 Å². The molecule has 1 N–H and O–H groups in total. The summed E-state index contributed by atoms with van der Waals surface area (Å²) in [5.74, 6) is 1.44. The van der Waals surface area contributed by atoms with Gasteiger partial charge in [-0.05, 0) is 38.3 Å². The van der Waals surface area contributed by atoms with Gasteiger partial charge in [0.1, 0.15) is 0 Å². The van der Waals surface area contributed by atoms with Crippen molar-refractivity contribution in [2.24, 2.45) is 11.8 Å². The molecule has 1 fully saturated rings. The molecule has 2 unspecified atom stereocenters. The molecule has 1 aliphatic rings. The van der Waals surface area contributed by atoms with Gasteiger partial charge in [0.05, 0.1) is 11.4 Å². The van der Waals surface area contributed by atoms with Crippen molar-refractivity contribution in [2.45, 2.75) is 39.5 Å². The normalized spacial score (nSPS) is 27.5. The molecule has 17 heavy (non-hydrogen) atoms. The molecule has 0 bridgehead atoms. The van der Waals surface area contributed by atoms with Crippen molar-refractivity contribution < 1.29 is 0 Å². The number of nitrogens with zero attached hydrogens (tertiary/aromatic N) is 2. The van der Waals surface area contributed by atoms with Crippen LogP contribution in [-0.2, 0) is 5.41 Å². The van der Waals surface area contributed by atoms with E-state index in [0.29, 0.717) is 0 Å². The second-order valence-electron chi connectivity index (χ2n) is 5.86. The molecule has 0 aliphatic heterocycles. The Morgan fingerprint density at radius 1 is 1.41 bits per heavy atom. The number of nitrogens with one attached hydrogen (secondary N) is 1. The Kier molecular flexibility index (Phi) is 3.48. The minimum Gasteiger partial charge on any atom is -0.316 e. The van der Waals surface area contributed by atoms with Gasteiger partial charge in [0, 0.05) is 17.8 Å². The van der Waals surface area contributed by atoms with E-state index < -0.39 is 0 Å². The largest absolute Gasteiger partial charge is 0.316 e. The summed E-state index contributed by atoms with van der Waals surface area (Å²) in [7, 11) is 0. The van der Waals surface area contributed by atoms with Crippen LogP contribution in [0.15, 0.2) is 12.4 Å². The van der Waals surface area contributed by atoms with Crippen LogP contribution >= 0.6 is 0 Å². The van der Waals surface area contributed by atoms with E-state index in [4.69, 9.17) is 0 Å². The zero-order valence-electron chi connectivity index (χ0n) is 11.3. The van der Waals surface area contributed by atoms with Gasteiger partial charge in [-0.2, -0.15) is 0 Å². The first-order chi connectivity index (χ1) is 8.04. The smallest absolute Gasteiger partial charge is 0.0678 e. The Morgan fingerprint density at radius 3 is 2.76 bits per heavy atom. The summed E-state index contributed by atoms with van der Waals surface area (Å²) in [6.45, 7) is 11.1. The topological polar surface area (TPSA) is 37.8 Å². The summed E-state index contributed by atoms with van der Waals surface area (Å²) in [5, 5.41) is 3.54. The maximum absolute atomic E-state index is 4.52. The summed E-state index contributed by atoms with van der Waals surface area (Å²) >= 11 is 0. The predicted octanol–water partition coefficient (Wildman–Crippen LogP) is 2.31. The zero-order chi connectivity index (χ0) is 12.5. The molecule has 0 amide bonds. The lowest BCUT2D eigenvalue weighted by Gasteiger charge is -2.13. The van der Waals surface area contributed by atoms with E-state index in [1.807, 2.05) is 6.20 Å². The Labute approximate surface area is 104 Å². The summed E-state index contributed by atoms with van der Waals surface area (Å²) in [5.41, 5.74) is 2.53. The second kappa shape index (κ2) is 4.73. The SMILES string of the molecule is Cc1nccnc1C1(C)CC1CNCC(C)C. The fourth-order valence-corrected chi connectivity index (χ4v) is 2.55. The lowest BCUT2D eigenvalue weighted by Crippen LogP contribution is -2.24. The lowest BCUT2D eigenvalue weighted by atomic mass is 9.99. The lowest BCUT2D eigenvalue weighted by molar-refractivity contribution is 0.511. The highest BCUT2D eigenvalue weighted by Gasteiger charge is 2.52. The number of aromatic nitrogens is 2. The number of hydrogen-bond acceptors (Lipinski definition) is 3. The summed E-state index contributed by atoms with van der Waals surface area (Å²) in [6.07, 6.45) is 4.82. The highest BCUT2D eigenvalue weighted by Crippen LogP contribution is 2.53. The molecule has 0 radical (unpaired) electrons. The molecule has 2 rings (SSSR count). The first-order valence-corrected chi connectivity index (χ1v) is 6.53. The summed E-state index contributed by atoms with van der Waals surface area (Å²) in [6, 6.07) is 0. The van der Waals surface area contributed by atoms with Crippen LogP contribution in [0.25, 0.3) is 0 Å². The molecule has 1 heterocycles. The van der Waals surface area contributed by atoms with Gasteiger partial charge in [-0.1, -0.05) is 20.8 Å². The van der Waals surface area contributed by atoms with Crippen LogP contribution in [0.3, 0.4) is 0 Å². The van der Waals surface area contributed by atoms with Crippen LogP contribution in [0, 0.1) is 18.8 Å². The average molecular weight is 233 g/mol. The first-order valence-electron chi connectivity index (χ1n) is 6.53. The molecule has 3 nitrogen and oxygen atoms in total. The Bertz CT molecular complexity index is 389. The Morgan fingerprint density at radius 2 is 2.12 bits per heavy atom. The quantitative estimate of drug-likeness (QED) is 0.848. The number of hydrogen-bond donors (Lipinski definition) is 1. The van der Waals surface area contributed by atoms with E-state index in [2.05, 4.69) is 43.0 Å². The second-order valence-corrected chi connectivity index (χ2v) is 5.86. The zero-order valence-corrected chi connectivity index (χ0v) is 11.3. The van der Waals surface area contributed by atoms with Crippen molar-refractivity contribution in [3.05, 3.63) is 23.8 Å². The minimum absolute atomic E-state index is 0.252. The van der Waals surface area contributed by atoms with Gasteiger partial charge in [-0.3, -0.25) is 9.97 Å². The third-order valence-corrected chi connectivity index (χ3v) is 3.78. The first kappa shape index (κ1) is 12.5. The number of rotatable bonds is 5. The predicted molar refractivity (Wildman–Crippen MR) is 69.9 cm³/mol. The fourth-order valence-electron chi connectivity index (χ4n) is 2.55. The van der Waals surface area contributed by atoms with Crippen molar-refractivity contribution in [3.8, 4) is 0 Å². The minimum atomic E-state index is 0.252. The molecule has 1 aliphatic carbocycles. The van der Waals surface area contributed by atoms with Gasteiger partial charge in [-0.25, -0.2) is 0 Å². The van der Waals surface area contributed by atoms with Crippen LogP contribution in [-0.4, -0.2) is 23.1 Å². The third-order valence-electron chi connectivity index (χ3n) is 3.78. The van der Waals surface area contributed by atoms with Gasteiger partial charge in [-0.15, -0.1) is 0 Å². The van der Waals surface area contributed by atoms with Crippen molar-refractivity contribution in [3.63, 3.8) is 0 Å². The summed E-state index contributed by atoms with van der Waals surface area (Å²) < 4.78 is 0.